The average Bonchev–Trinajstić information content (AvgIpc) is 2.36. The van der Waals surface area contributed by atoms with E-state index in [2.05, 4.69) is 64.6 Å². The number of benzene rings is 2. The van der Waals surface area contributed by atoms with E-state index in [1.54, 1.807) is 0 Å². The molecule has 18 heavy (non-hydrogen) atoms. The van der Waals surface area contributed by atoms with Crippen LogP contribution in [0.2, 0.25) is 0 Å². The summed E-state index contributed by atoms with van der Waals surface area (Å²) in [7, 11) is 0. The fourth-order valence-electron chi connectivity index (χ4n) is 2.28. The quantitative estimate of drug-likeness (QED) is 0.923. The summed E-state index contributed by atoms with van der Waals surface area (Å²) in [5, 5.41) is 6.06. The molecule has 94 valence electrons. The second-order valence-electron chi connectivity index (χ2n) is 5.30. The SMILES string of the molecule is CC1(CNc2ccc(Br)c3ccccc23)COC1. The second kappa shape index (κ2) is 4.56. The van der Waals surface area contributed by atoms with Crippen LogP contribution in [0, 0.1) is 5.41 Å². The summed E-state index contributed by atoms with van der Waals surface area (Å²) < 4.78 is 6.43. The normalized spacial score (nSPS) is 17.4. The molecule has 1 saturated heterocycles. The largest absolute Gasteiger partial charge is 0.384 e. The van der Waals surface area contributed by atoms with Crippen molar-refractivity contribution in [3.63, 3.8) is 0 Å². The summed E-state index contributed by atoms with van der Waals surface area (Å²) in [6, 6.07) is 12.7. The lowest BCUT2D eigenvalue weighted by Crippen LogP contribution is -2.45. The van der Waals surface area contributed by atoms with Gasteiger partial charge in [0.05, 0.1) is 13.2 Å². The second-order valence-corrected chi connectivity index (χ2v) is 6.15. The minimum atomic E-state index is 0.286. The maximum Gasteiger partial charge on any atom is 0.0559 e. The van der Waals surface area contributed by atoms with Gasteiger partial charge in [0.1, 0.15) is 0 Å². The van der Waals surface area contributed by atoms with Crippen molar-refractivity contribution in [2.45, 2.75) is 6.92 Å². The molecule has 0 saturated carbocycles. The van der Waals surface area contributed by atoms with Crippen molar-refractivity contribution in [1.29, 1.82) is 0 Å². The van der Waals surface area contributed by atoms with Crippen LogP contribution in [0.4, 0.5) is 5.69 Å². The van der Waals surface area contributed by atoms with E-state index in [1.165, 1.54) is 16.5 Å². The van der Waals surface area contributed by atoms with Crippen molar-refractivity contribution in [2.24, 2.45) is 5.41 Å². The number of rotatable bonds is 3. The van der Waals surface area contributed by atoms with Crippen molar-refractivity contribution in [2.75, 3.05) is 25.1 Å². The number of hydrogen-bond donors (Lipinski definition) is 1. The molecule has 1 aliphatic rings. The van der Waals surface area contributed by atoms with E-state index in [-0.39, 0.29) is 5.41 Å². The van der Waals surface area contributed by atoms with Crippen LogP contribution in [-0.4, -0.2) is 19.8 Å². The van der Waals surface area contributed by atoms with Gasteiger partial charge in [0.15, 0.2) is 0 Å². The molecule has 3 heteroatoms. The highest BCUT2D eigenvalue weighted by Crippen LogP contribution is 2.32. The Morgan fingerprint density at radius 1 is 1.17 bits per heavy atom. The van der Waals surface area contributed by atoms with Gasteiger partial charge < -0.3 is 10.1 Å². The minimum Gasteiger partial charge on any atom is -0.384 e. The Morgan fingerprint density at radius 3 is 2.56 bits per heavy atom. The molecule has 1 N–H and O–H groups in total. The molecule has 0 aromatic heterocycles. The Bertz CT molecular complexity index is 578. The Kier molecular flexibility index (Phi) is 3.04. The molecule has 0 unspecified atom stereocenters. The van der Waals surface area contributed by atoms with Crippen LogP contribution < -0.4 is 5.32 Å². The van der Waals surface area contributed by atoms with E-state index in [9.17, 15) is 0 Å². The molecule has 3 rings (SSSR count). The predicted octanol–water partition coefficient (Wildman–Crippen LogP) is 4.05. The first kappa shape index (κ1) is 12.0. The fourth-order valence-corrected chi connectivity index (χ4v) is 2.76. The molecule has 1 fully saturated rings. The Hall–Kier alpha value is -1.06. The van der Waals surface area contributed by atoms with Crippen molar-refractivity contribution >= 4 is 32.4 Å². The van der Waals surface area contributed by atoms with Crippen LogP contribution in [0.15, 0.2) is 40.9 Å². The Balaban J connectivity index is 1.90. The number of ether oxygens (including phenoxy) is 1. The van der Waals surface area contributed by atoms with Crippen molar-refractivity contribution in [1.82, 2.24) is 0 Å². The zero-order valence-electron chi connectivity index (χ0n) is 10.4. The molecular formula is C15H16BrNO. The summed E-state index contributed by atoms with van der Waals surface area (Å²) in [5.41, 5.74) is 1.48. The molecule has 2 aromatic rings. The number of nitrogens with one attached hydrogen (secondary N) is 1. The molecule has 0 spiro atoms. The van der Waals surface area contributed by atoms with Gasteiger partial charge in [0, 0.05) is 27.5 Å². The highest BCUT2D eigenvalue weighted by molar-refractivity contribution is 9.10. The van der Waals surface area contributed by atoms with Gasteiger partial charge in [-0.3, -0.25) is 0 Å². The van der Waals surface area contributed by atoms with E-state index < -0.39 is 0 Å². The number of hydrogen-bond acceptors (Lipinski definition) is 2. The lowest BCUT2D eigenvalue weighted by Gasteiger charge is -2.38. The lowest BCUT2D eigenvalue weighted by molar-refractivity contribution is -0.0924. The lowest BCUT2D eigenvalue weighted by atomic mass is 9.88. The average molecular weight is 306 g/mol. The molecule has 0 aliphatic carbocycles. The van der Waals surface area contributed by atoms with Crippen molar-refractivity contribution in [3.05, 3.63) is 40.9 Å². The van der Waals surface area contributed by atoms with Gasteiger partial charge in [-0.05, 0) is 17.5 Å². The minimum absolute atomic E-state index is 0.286. The number of halogens is 1. The highest BCUT2D eigenvalue weighted by atomic mass is 79.9. The fraction of sp³-hybridized carbons (Fsp3) is 0.333. The van der Waals surface area contributed by atoms with Gasteiger partial charge in [-0.1, -0.05) is 47.1 Å². The van der Waals surface area contributed by atoms with Gasteiger partial charge in [-0.25, -0.2) is 0 Å². The smallest absolute Gasteiger partial charge is 0.0559 e. The third-order valence-electron chi connectivity index (χ3n) is 3.48. The Labute approximate surface area is 115 Å². The first-order valence-corrected chi connectivity index (χ1v) is 6.96. The van der Waals surface area contributed by atoms with Crippen LogP contribution in [-0.2, 0) is 4.74 Å². The van der Waals surface area contributed by atoms with Crippen LogP contribution in [0.3, 0.4) is 0 Å². The summed E-state index contributed by atoms with van der Waals surface area (Å²) in [6.45, 7) is 4.92. The molecule has 0 atom stereocenters. The van der Waals surface area contributed by atoms with E-state index in [4.69, 9.17) is 4.74 Å². The van der Waals surface area contributed by atoms with Crippen molar-refractivity contribution in [3.8, 4) is 0 Å². The van der Waals surface area contributed by atoms with Crippen LogP contribution in [0.25, 0.3) is 10.8 Å². The molecule has 0 bridgehead atoms. The standard InChI is InChI=1S/C15H16BrNO/c1-15(9-18-10-15)8-17-14-7-6-13(16)11-4-2-3-5-12(11)14/h2-7,17H,8-10H2,1H3. The summed E-state index contributed by atoms with van der Waals surface area (Å²) in [4.78, 5) is 0. The first-order valence-electron chi connectivity index (χ1n) is 6.17. The van der Waals surface area contributed by atoms with Gasteiger partial charge in [0.2, 0.25) is 0 Å². The molecule has 2 aromatic carbocycles. The first-order chi connectivity index (χ1) is 8.68. The monoisotopic (exact) mass is 305 g/mol. The molecule has 2 nitrogen and oxygen atoms in total. The van der Waals surface area contributed by atoms with Gasteiger partial charge >= 0.3 is 0 Å². The van der Waals surface area contributed by atoms with Crippen molar-refractivity contribution < 1.29 is 4.74 Å². The van der Waals surface area contributed by atoms with Crippen LogP contribution >= 0.6 is 15.9 Å². The Morgan fingerprint density at radius 2 is 1.89 bits per heavy atom. The number of fused-ring (bicyclic) bond motifs is 1. The predicted molar refractivity (Wildman–Crippen MR) is 79.1 cm³/mol. The summed E-state index contributed by atoms with van der Waals surface area (Å²) >= 11 is 3.60. The maximum absolute atomic E-state index is 5.29. The van der Waals surface area contributed by atoms with Gasteiger partial charge in [0.25, 0.3) is 0 Å². The van der Waals surface area contributed by atoms with Gasteiger partial charge in [-0.15, -0.1) is 0 Å². The molecule has 0 amide bonds. The molecular weight excluding hydrogens is 290 g/mol. The van der Waals surface area contributed by atoms with E-state index in [0.717, 1.165) is 24.2 Å². The zero-order chi connectivity index (χ0) is 12.6. The zero-order valence-corrected chi connectivity index (χ0v) is 12.0. The number of anilines is 1. The van der Waals surface area contributed by atoms with Crippen LogP contribution in [0.1, 0.15) is 6.92 Å². The van der Waals surface area contributed by atoms with E-state index in [1.807, 2.05) is 0 Å². The maximum atomic E-state index is 5.29. The summed E-state index contributed by atoms with van der Waals surface area (Å²) in [6.07, 6.45) is 0. The molecule has 0 radical (unpaired) electrons. The topological polar surface area (TPSA) is 21.3 Å². The third kappa shape index (κ3) is 2.13. The molecule has 1 heterocycles. The molecule has 1 aliphatic heterocycles. The van der Waals surface area contributed by atoms with Gasteiger partial charge in [-0.2, -0.15) is 0 Å². The third-order valence-corrected chi connectivity index (χ3v) is 4.17. The van der Waals surface area contributed by atoms with Crippen LogP contribution in [0.5, 0.6) is 0 Å². The highest BCUT2D eigenvalue weighted by Gasteiger charge is 2.33. The van der Waals surface area contributed by atoms with E-state index in [0.29, 0.717) is 0 Å². The van der Waals surface area contributed by atoms with E-state index >= 15 is 0 Å². The summed E-state index contributed by atoms with van der Waals surface area (Å²) in [5.74, 6) is 0.